The number of carbonyl (C=O) groups is 1. The molecule has 0 aliphatic carbocycles. The maximum absolute atomic E-state index is 12.4. The second-order valence-corrected chi connectivity index (χ2v) is 7.69. The number of hydrogen-bond donors (Lipinski definition) is 0. The van der Waals surface area contributed by atoms with Crippen LogP contribution in [0.1, 0.15) is 21.7 Å². The zero-order chi connectivity index (χ0) is 15.8. The van der Waals surface area contributed by atoms with Crippen LogP contribution in [0.3, 0.4) is 0 Å². The largest absolute Gasteiger partial charge is 0.351 e. The molecule has 0 aromatic carbocycles. The van der Waals surface area contributed by atoms with Gasteiger partial charge in [-0.25, -0.2) is 8.42 Å². The molecule has 7 heteroatoms. The Hall–Kier alpha value is -1.18. The number of rotatable bonds is 4. The fourth-order valence-corrected chi connectivity index (χ4v) is 3.47. The van der Waals surface area contributed by atoms with Gasteiger partial charge in [-0.1, -0.05) is 0 Å². The number of sulfonamides is 1. The predicted octanol–water partition coefficient (Wildman–Crippen LogP) is 0.402. The molecule has 0 saturated carbocycles. The Morgan fingerprint density at radius 2 is 1.76 bits per heavy atom. The van der Waals surface area contributed by atoms with Gasteiger partial charge in [0.15, 0.2) is 5.78 Å². The first-order valence-corrected chi connectivity index (χ1v) is 8.88. The minimum atomic E-state index is -3.12. The third-order valence-electron chi connectivity index (χ3n) is 4.24. The Morgan fingerprint density at radius 1 is 1.19 bits per heavy atom. The molecule has 2 heterocycles. The summed E-state index contributed by atoms with van der Waals surface area (Å²) in [6, 6.07) is 1.92. The molecule has 0 spiro atoms. The quantitative estimate of drug-likeness (QED) is 0.755. The molecule has 1 aromatic rings. The highest BCUT2D eigenvalue weighted by molar-refractivity contribution is 7.88. The minimum Gasteiger partial charge on any atom is -0.351 e. The molecule has 1 saturated heterocycles. The first-order chi connectivity index (χ1) is 9.70. The van der Waals surface area contributed by atoms with Gasteiger partial charge in [-0.15, -0.1) is 0 Å². The zero-order valence-corrected chi connectivity index (χ0v) is 13.9. The number of ketones is 1. The predicted molar refractivity (Wildman–Crippen MR) is 82.1 cm³/mol. The first-order valence-electron chi connectivity index (χ1n) is 7.03. The topological polar surface area (TPSA) is 62.6 Å². The van der Waals surface area contributed by atoms with Crippen molar-refractivity contribution in [1.82, 2.24) is 13.8 Å². The standard InChI is InChI=1S/C14H23N3O3S/c1-11-9-13(12(2)15(11)3)14(18)10-16-5-7-17(8-6-16)21(4,19)20/h9H,5-8,10H2,1-4H3. The molecular weight excluding hydrogens is 290 g/mol. The van der Waals surface area contributed by atoms with Crippen molar-refractivity contribution >= 4 is 15.8 Å². The number of aromatic nitrogens is 1. The SMILES string of the molecule is Cc1cc(C(=O)CN2CCN(S(C)(=O)=O)CC2)c(C)n1C. The van der Waals surface area contributed by atoms with E-state index in [1.165, 1.54) is 10.6 Å². The Morgan fingerprint density at radius 3 is 2.19 bits per heavy atom. The summed E-state index contributed by atoms with van der Waals surface area (Å²) in [5, 5.41) is 0. The van der Waals surface area contributed by atoms with E-state index in [0.717, 1.165) is 17.0 Å². The lowest BCUT2D eigenvalue weighted by Crippen LogP contribution is -2.49. The molecule has 21 heavy (non-hydrogen) atoms. The number of piperazine rings is 1. The van der Waals surface area contributed by atoms with Crippen molar-refractivity contribution in [3.05, 3.63) is 23.0 Å². The molecule has 0 radical (unpaired) electrons. The second kappa shape index (κ2) is 5.90. The molecule has 0 amide bonds. The maximum atomic E-state index is 12.4. The number of Topliss-reactive ketones (excluding diaryl/α,β-unsaturated/α-hetero) is 1. The number of hydrogen-bond acceptors (Lipinski definition) is 4. The van der Waals surface area contributed by atoms with Gasteiger partial charge in [-0.2, -0.15) is 4.31 Å². The fraction of sp³-hybridized carbons (Fsp3) is 0.643. The average Bonchev–Trinajstić information content (AvgIpc) is 2.66. The highest BCUT2D eigenvalue weighted by Crippen LogP contribution is 2.15. The molecule has 0 atom stereocenters. The van der Waals surface area contributed by atoms with Crippen molar-refractivity contribution in [1.29, 1.82) is 0 Å². The van der Waals surface area contributed by atoms with Gasteiger partial charge in [0.1, 0.15) is 0 Å². The molecule has 0 N–H and O–H groups in total. The smallest absolute Gasteiger partial charge is 0.211 e. The molecule has 6 nitrogen and oxygen atoms in total. The minimum absolute atomic E-state index is 0.101. The van der Waals surface area contributed by atoms with Crippen molar-refractivity contribution in [3.63, 3.8) is 0 Å². The summed E-state index contributed by atoms with van der Waals surface area (Å²) in [4.78, 5) is 14.4. The molecule has 1 fully saturated rings. The van der Waals surface area contributed by atoms with E-state index in [2.05, 4.69) is 0 Å². The molecule has 0 bridgehead atoms. The van der Waals surface area contributed by atoms with Crippen LogP contribution < -0.4 is 0 Å². The summed E-state index contributed by atoms with van der Waals surface area (Å²) in [7, 11) is -1.17. The third kappa shape index (κ3) is 3.53. The van der Waals surface area contributed by atoms with Crippen LogP contribution in [0, 0.1) is 13.8 Å². The van der Waals surface area contributed by atoms with Gasteiger partial charge >= 0.3 is 0 Å². The molecule has 1 aliphatic heterocycles. The molecule has 1 aromatic heterocycles. The molecule has 1 aliphatic rings. The number of nitrogens with zero attached hydrogens (tertiary/aromatic N) is 3. The van der Waals surface area contributed by atoms with E-state index in [4.69, 9.17) is 0 Å². The normalized spacial score (nSPS) is 18.1. The van der Waals surface area contributed by atoms with Crippen LogP contribution in [0.5, 0.6) is 0 Å². The number of carbonyl (C=O) groups excluding carboxylic acids is 1. The van der Waals surface area contributed by atoms with E-state index >= 15 is 0 Å². The van der Waals surface area contributed by atoms with Crippen molar-refractivity contribution in [2.75, 3.05) is 39.0 Å². The van der Waals surface area contributed by atoms with Gasteiger partial charge in [0.25, 0.3) is 0 Å². The summed E-state index contributed by atoms with van der Waals surface area (Å²) in [5.41, 5.74) is 2.81. The third-order valence-corrected chi connectivity index (χ3v) is 5.55. The molecule has 118 valence electrons. The summed E-state index contributed by atoms with van der Waals surface area (Å²) >= 11 is 0. The van der Waals surface area contributed by atoms with Crippen LogP contribution in [0.4, 0.5) is 0 Å². The average molecular weight is 313 g/mol. The summed E-state index contributed by atoms with van der Waals surface area (Å²) < 4.78 is 26.4. The monoisotopic (exact) mass is 313 g/mol. The van der Waals surface area contributed by atoms with E-state index < -0.39 is 10.0 Å². The summed E-state index contributed by atoms with van der Waals surface area (Å²) in [6.45, 7) is 6.39. The van der Waals surface area contributed by atoms with Gasteiger partial charge in [0.05, 0.1) is 12.8 Å². The van der Waals surface area contributed by atoms with Crippen LogP contribution >= 0.6 is 0 Å². The molecule has 2 rings (SSSR count). The van der Waals surface area contributed by atoms with Crippen molar-refractivity contribution in [2.45, 2.75) is 13.8 Å². The van der Waals surface area contributed by atoms with Crippen molar-refractivity contribution in [3.8, 4) is 0 Å². The van der Waals surface area contributed by atoms with E-state index in [-0.39, 0.29) is 5.78 Å². The van der Waals surface area contributed by atoms with Crippen LogP contribution in [-0.2, 0) is 17.1 Å². The maximum Gasteiger partial charge on any atom is 0.211 e. The van der Waals surface area contributed by atoms with Gasteiger partial charge in [-0.3, -0.25) is 9.69 Å². The zero-order valence-electron chi connectivity index (χ0n) is 13.1. The van der Waals surface area contributed by atoms with Crippen LogP contribution in [-0.4, -0.2) is 67.0 Å². The second-order valence-electron chi connectivity index (χ2n) is 5.71. The van der Waals surface area contributed by atoms with E-state index in [1.807, 2.05) is 36.4 Å². The van der Waals surface area contributed by atoms with E-state index in [1.54, 1.807) is 0 Å². The van der Waals surface area contributed by atoms with Crippen LogP contribution in [0.15, 0.2) is 6.07 Å². The van der Waals surface area contributed by atoms with Gasteiger partial charge < -0.3 is 4.57 Å². The van der Waals surface area contributed by atoms with E-state index in [0.29, 0.717) is 32.7 Å². The van der Waals surface area contributed by atoms with Crippen LogP contribution in [0.25, 0.3) is 0 Å². The van der Waals surface area contributed by atoms with Crippen molar-refractivity contribution in [2.24, 2.45) is 7.05 Å². The Kier molecular flexibility index (Phi) is 4.55. The van der Waals surface area contributed by atoms with E-state index in [9.17, 15) is 13.2 Å². The molecule has 0 unspecified atom stereocenters. The van der Waals surface area contributed by atoms with Crippen molar-refractivity contribution < 1.29 is 13.2 Å². The Labute approximate surface area is 126 Å². The lowest BCUT2D eigenvalue weighted by Gasteiger charge is -2.32. The van der Waals surface area contributed by atoms with Gasteiger partial charge in [0.2, 0.25) is 10.0 Å². The lowest BCUT2D eigenvalue weighted by molar-refractivity contribution is 0.0901. The van der Waals surface area contributed by atoms with Gasteiger partial charge in [0, 0.05) is 50.2 Å². The number of aryl methyl sites for hydroxylation is 1. The molecular formula is C14H23N3O3S. The first kappa shape index (κ1) is 16.2. The highest BCUT2D eigenvalue weighted by Gasteiger charge is 2.25. The summed E-state index contributed by atoms with van der Waals surface area (Å²) in [5.74, 6) is 0.101. The summed E-state index contributed by atoms with van der Waals surface area (Å²) in [6.07, 6.45) is 1.23. The Balaban J connectivity index is 1.97. The van der Waals surface area contributed by atoms with Gasteiger partial charge in [-0.05, 0) is 19.9 Å². The Bertz CT molecular complexity index is 641. The lowest BCUT2D eigenvalue weighted by atomic mass is 10.1. The highest BCUT2D eigenvalue weighted by atomic mass is 32.2. The fourth-order valence-electron chi connectivity index (χ4n) is 2.65. The van der Waals surface area contributed by atoms with Crippen LogP contribution in [0.2, 0.25) is 0 Å².